The summed E-state index contributed by atoms with van der Waals surface area (Å²) in [4.78, 5) is 24.5. The molecular formula is C20H20N2O2. The largest absolute Gasteiger partial charge is 0.366 e. The number of benzene rings is 2. The zero-order chi connectivity index (χ0) is 17.5. The Bertz CT molecular complexity index is 928. The van der Waals surface area contributed by atoms with Gasteiger partial charge < -0.3 is 5.73 Å². The summed E-state index contributed by atoms with van der Waals surface area (Å²) in [5.41, 5.74) is 8.22. The van der Waals surface area contributed by atoms with Crippen LogP contribution in [0.4, 0.5) is 0 Å². The van der Waals surface area contributed by atoms with E-state index in [1.54, 1.807) is 6.07 Å². The second-order valence-corrected chi connectivity index (χ2v) is 6.93. The summed E-state index contributed by atoms with van der Waals surface area (Å²) in [6, 6.07) is 14.8. The van der Waals surface area contributed by atoms with Gasteiger partial charge in [0.2, 0.25) is 0 Å². The van der Waals surface area contributed by atoms with Crippen molar-refractivity contribution in [1.29, 1.82) is 0 Å². The zero-order valence-electron chi connectivity index (χ0n) is 14.0. The fourth-order valence-corrected chi connectivity index (χ4v) is 2.80. The van der Waals surface area contributed by atoms with Crippen LogP contribution in [0.15, 0.2) is 54.7 Å². The van der Waals surface area contributed by atoms with E-state index in [0.29, 0.717) is 22.0 Å². The lowest BCUT2D eigenvalue weighted by Crippen LogP contribution is -2.14. The van der Waals surface area contributed by atoms with Crippen molar-refractivity contribution < 1.29 is 9.59 Å². The molecule has 0 radical (unpaired) electrons. The molecule has 0 fully saturated rings. The Balaban J connectivity index is 2.08. The van der Waals surface area contributed by atoms with Gasteiger partial charge in [-0.1, -0.05) is 51.1 Å². The number of nitrogens with two attached hydrogens (primary N) is 1. The molecule has 2 aromatic carbocycles. The molecule has 2 N–H and O–H groups in total. The lowest BCUT2D eigenvalue weighted by Gasteiger charge is -2.19. The van der Waals surface area contributed by atoms with Gasteiger partial charge in [0.1, 0.15) is 0 Å². The van der Waals surface area contributed by atoms with Crippen LogP contribution in [0.25, 0.3) is 10.9 Å². The van der Waals surface area contributed by atoms with Crippen molar-refractivity contribution in [1.82, 2.24) is 4.57 Å². The average molecular weight is 320 g/mol. The number of rotatable bonds is 2. The second-order valence-electron chi connectivity index (χ2n) is 6.93. The van der Waals surface area contributed by atoms with Crippen molar-refractivity contribution >= 4 is 22.7 Å². The summed E-state index contributed by atoms with van der Waals surface area (Å²) in [6.45, 7) is 6.38. The van der Waals surface area contributed by atoms with Crippen molar-refractivity contribution in [3.8, 4) is 0 Å². The van der Waals surface area contributed by atoms with Crippen LogP contribution in [0.1, 0.15) is 47.1 Å². The Hall–Kier alpha value is -2.88. The number of hydrogen-bond donors (Lipinski definition) is 1. The Labute approximate surface area is 140 Å². The lowest BCUT2D eigenvalue weighted by atomic mass is 9.87. The highest BCUT2D eigenvalue weighted by Crippen LogP contribution is 2.24. The normalized spacial score (nSPS) is 11.6. The standard InChI is InChI=1S/C20H20N2O2/c1-20(2,3)14-10-8-13(9-11-14)19(24)22-12-16(18(21)23)15-6-4-5-7-17(15)22/h4-12H,1-3H3,(H2,21,23). The summed E-state index contributed by atoms with van der Waals surface area (Å²) in [5, 5.41) is 0.685. The van der Waals surface area contributed by atoms with Crippen molar-refractivity contribution in [3.63, 3.8) is 0 Å². The summed E-state index contributed by atoms with van der Waals surface area (Å²) in [7, 11) is 0. The van der Waals surface area contributed by atoms with Gasteiger partial charge >= 0.3 is 0 Å². The maximum atomic E-state index is 12.9. The van der Waals surface area contributed by atoms with Crippen molar-refractivity contribution in [3.05, 3.63) is 71.4 Å². The van der Waals surface area contributed by atoms with Gasteiger partial charge in [-0.25, -0.2) is 0 Å². The fourth-order valence-electron chi connectivity index (χ4n) is 2.80. The molecule has 0 saturated carbocycles. The van der Waals surface area contributed by atoms with E-state index in [-0.39, 0.29) is 11.3 Å². The number of hydrogen-bond acceptors (Lipinski definition) is 2. The highest BCUT2D eigenvalue weighted by Gasteiger charge is 2.19. The quantitative estimate of drug-likeness (QED) is 0.782. The predicted molar refractivity (Wildman–Crippen MR) is 95.3 cm³/mol. The second kappa shape index (κ2) is 5.64. The van der Waals surface area contributed by atoms with Gasteiger partial charge in [0, 0.05) is 17.1 Å². The van der Waals surface area contributed by atoms with Gasteiger partial charge in [-0.2, -0.15) is 0 Å². The first-order chi connectivity index (χ1) is 11.3. The first-order valence-electron chi connectivity index (χ1n) is 7.84. The van der Waals surface area contributed by atoms with Gasteiger partial charge in [-0.05, 0) is 29.2 Å². The Morgan fingerprint density at radius 1 is 0.958 bits per heavy atom. The number of amides is 1. The predicted octanol–water partition coefficient (Wildman–Crippen LogP) is 3.73. The van der Waals surface area contributed by atoms with E-state index in [0.717, 1.165) is 5.56 Å². The first kappa shape index (κ1) is 16.0. The number of primary amides is 1. The van der Waals surface area contributed by atoms with Crippen molar-refractivity contribution in [2.45, 2.75) is 26.2 Å². The lowest BCUT2D eigenvalue weighted by molar-refractivity contribution is 0.0965. The third-order valence-electron chi connectivity index (χ3n) is 4.19. The molecule has 0 bridgehead atoms. The van der Waals surface area contributed by atoms with E-state index >= 15 is 0 Å². The number of para-hydroxylation sites is 1. The van der Waals surface area contributed by atoms with Crippen LogP contribution in [-0.4, -0.2) is 16.4 Å². The molecule has 1 amide bonds. The summed E-state index contributed by atoms with van der Waals surface area (Å²) >= 11 is 0. The van der Waals surface area contributed by atoms with Gasteiger partial charge in [0.05, 0.1) is 11.1 Å². The first-order valence-corrected chi connectivity index (χ1v) is 7.84. The number of fused-ring (bicyclic) bond motifs is 1. The Kier molecular flexibility index (Phi) is 3.76. The topological polar surface area (TPSA) is 65.1 Å². The molecule has 0 aliphatic rings. The monoisotopic (exact) mass is 320 g/mol. The highest BCUT2D eigenvalue weighted by atomic mass is 16.2. The summed E-state index contributed by atoms with van der Waals surface area (Å²) in [6.07, 6.45) is 1.52. The molecule has 0 spiro atoms. The molecule has 4 heteroatoms. The number of carbonyl (C=O) groups is 2. The van der Waals surface area contributed by atoms with Crippen molar-refractivity contribution in [2.24, 2.45) is 5.73 Å². The number of aromatic nitrogens is 1. The third-order valence-corrected chi connectivity index (χ3v) is 4.19. The molecule has 3 aromatic rings. The van der Waals surface area contributed by atoms with Crippen LogP contribution in [0.3, 0.4) is 0 Å². The van der Waals surface area contributed by atoms with Gasteiger partial charge in [0.25, 0.3) is 11.8 Å². The molecule has 1 aromatic heterocycles. The van der Waals surface area contributed by atoms with E-state index in [1.807, 2.05) is 42.5 Å². The molecule has 122 valence electrons. The molecule has 1 heterocycles. The van der Waals surface area contributed by atoms with Gasteiger partial charge in [-0.15, -0.1) is 0 Å². The maximum Gasteiger partial charge on any atom is 0.262 e. The van der Waals surface area contributed by atoms with Crippen LogP contribution < -0.4 is 5.73 Å². The van der Waals surface area contributed by atoms with Gasteiger partial charge in [-0.3, -0.25) is 14.2 Å². The molecule has 0 saturated heterocycles. The summed E-state index contributed by atoms with van der Waals surface area (Å²) < 4.78 is 1.49. The smallest absolute Gasteiger partial charge is 0.262 e. The SMILES string of the molecule is CC(C)(C)c1ccc(C(=O)n2cc(C(N)=O)c3ccccc32)cc1. The average Bonchev–Trinajstić information content (AvgIpc) is 2.93. The molecule has 0 unspecified atom stereocenters. The molecule has 24 heavy (non-hydrogen) atoms. The zero-order valence-corrected chi connectivity index (χ0v) is 14.0. The van der Waals surface area contributed by atoms with E-state index in [1.165, 1.54) is 10.8 Å². The minimum Gasteiger partial charge on any atom is -0.366 e. The molecule has 4 nitrogen and oxygen atoms in total. The fraction of sp³-hybridized carbons (Fsp3) is 0.200. The third kappa shape index (κ3) is 2.71. The van der Waals surface area contributed by atoms with Crippen LogP contribution in [-0.2, 0) is 5.41 Å². The minimum absolute atomic E-state index is 0.0286. The van der Waals surface area contributed by atoms with Crippen molar-refractivity contribution in [2.75, 3.05) is 0 Å². The van der Waals surface area contributed by atoms with Gasteiger partial charge in [0.15, 0.2) is 0 Å². The van der Waals surface area contributed by atoms with E-state index in [2.05, 4.69) is 20.8 Å². The molecule has 0 atom stereocenters. The molecule has 0 aliphatic carbocycles. The molecular weight excluding hydrogens is 300 g/mol. The van der Waals surface area contributed by atoms with Crippen LogP contribution >= 0.6 is 0 Å². The van der Waals surface area contributed by atoms with E-state index in [4.69, 9.17) is 5.73 Å². The highest BCUT2D eigenvalue weighted by molar-refractivity contribution is 6.11. The Morgan fingerprint density at radius 2 is 1.58 bits per heavy atom. The molecule has 0 aliphatic heterocycles. The van der Waals surface area contributed by atoms with Crippen LogP contribution in [0.5, 0.6) is 0 Å². The number of nitrogens with zero attached hydrogens (tertiary/aromatic N) is 1. The van der Waals surface area contributed by atoms with E-state index in [9.17, 15) is 9.59 Å². The van der Waals surface area contributed by atoms with Crippen LogP contribution in [0.2, 0.25) is 0 Å². The summed E-state index contributed by atoms with van der Waals surface area (Å²) in [5.74, 6) is -0.722. The molecule has 3 rings (SSSR count). The maximum absolute atomic E-state index is 12.9. The minimum atomic E-state index is -0.541. The number of carbonyl (C=O) groups excluding carboxylic acids is 2. The van der Waals surface area contributed by atoms with E-state index < -0.39 is 5.91 Å². The van der Waals surface area contributed by atoms with Crippen LogP contribution in [0, 0.1) is 0 Å². The Morgan fingerprint density at radius 3 is 2.17 bits per heavy atom.